The first-order valence-electron chi connectivity index (χ1n) is 7.10. The summed E-state index contributed by atoms with van der Waals surface area (Å²) in [4.78, 5) is 13.9. The largest absolute Gasteiger partial charge is 0.395 e. The van der Waals surface area contributed by atoms with Crippen LogP contribution in [-0.4, -0.2) is 45.4 Å². The summed E-state index contributed by atoms with van der Waals surface area (Å²) in [6.45, 7) is 6.67. The highest BCUT2D eigenvalue weighted by molar-refractivity contribution is 5.92. The molecule has 0 saturated carbocycles. The zero-order valence-corrected chi connectivity index (χ0v) is 12.7. The molecule has 0 bridgehead atoms. The monoisotopic (exact) mass is 287 g/mol. The lowest BCUT2D eigenvalue weighted by Crippen LogP contribution is -2.33. The Balaban J connectivity index is 2.30. The average Bonchev–Trinajstić information content (AvgIpc) is 2.87. The van der Waals surface area contributed by atoms with Crippen LogP contribution in [0.3, 0.4) is 0 Å². The third-order valence-electron chi connectivity index (χ3n) is 3.42. The van der Waals surface area contributed by atoms with E-state index < -0.39 is 0 Å². The molecule has 1 heterocycles. The molecule has 21 heavy (non-hydrogen) atoms. The van der Waals surface area contributed by atoms with Crippen molar-refractivity contribution in [2.75, 3.05) is 19.7 Å². The molecule has 0 aliphatic carbocycles. The third-order valence-corrected chi connectivity index (χ3v) is 3.42. The maximum atomic E-state index is 12.4. The maximum absolute atomic E-state index is 12.4. The normalized spacial score (nSPS) is 10.7. The van der Waals surface area contributed by atoms with Gasteiger partial charge in [0.15, 0.2) is 5.69 Å². The van der Waals surface area contributed by atoms with Crippen LogP contribution in [-0.2, 0) is 0 Å². The Kier molecular flexibility index (Phi) is 4.75. The second-order valence-corrected chi connectivity index (χ2v) is 5.03. The van der Waals surface area contributed by atoms with Crippen molar-refractivity contribution in [2.24, 2.45) is 0 Å². The van der Waals surface area contributed by atoms with Crippen molar-refractivity contribution in [3.05, 3.63) is 47.3 Å². The first-order chi connectivity index (χ1) is 10.1. The lowest BCUT2D eigenvalue weighted by Gasteiger charge is -2.18. The number of benzene rings is 1. The van der Waals surface area contributed by atoms with E-state index in [1.54, 1.807) is 15.6 Å². The van der Waals surface area contributed by atoms with Gasteiger partial charge >= 0.3 is 0 Å². The molecule has 5 nitrogen and oxygen atoms in total. The highest BCUT2D eigenvalue weighted by Gasteiger charge is 2.18. The summed E-state index contributed by atoms with van der Waals surface area (Å²) in [5.74, 6) is -0.152. The Labute approximate surface area is 124 Å². The van der Waals surface area contributed by atoms with Crippen LogP contribution in [0.1, 0.15) is 28.7 Å². The van der Waals surface area contributed by atoms with Gasteiger partial charge in [-0.3, -0.25) is 4.79 Å². The molecule has 0 aliphatic rings. The van der Waals surface area contributed by atoms with Crippen LogP contribution in [0.2, 0.25) is 0 Å². The van der Waals surface area contributed by atoms with Crippen molar-refractivity contribution in [2.45, 2.75) is 20.8 Å². The van der Waals surface area contributed by atoms with Gasteiger partial charge < -0.3 is 10.0 Å². The smallest absolute Gasteiger partial charge is 0.274 e. The number of hydrogen-bond donors (Lipinski definition) is 1. The minimum atomic E-state index is -0.152. The number of carbonyl (C=O) groups is 1. The second kappa shape index (κ2) is 6.54. The second-order valence-electron chi connectivity index (χ2n) is 5.03. The van der Waals surface area contributed by atoms with E-state index in [2.05, 4.69) is 5.10 Å². The molecule has 0 atom stereocenters. The molecule has 2 rings (SSSR count). The summed E-state index contributed by atoms with van der Waals surface area (Å²) < 4.78 is 1.76. The highest BCUT2D eigenvalue weighted by Crippen LogP contribution is 2.14. The number of aromatic nitrogens is 2. The molecule has 0 aliphatic heterocycles. The molecule has 112 valence electrons. The molecule has 5 heteroatoms. The molecule has 0 saturated heterocycles. The fraction of sp³-hybridized carbons (Fsp3) is 0.375. The standard InChI is InChI=1S/C16H21N3O2/c1-4-18(9-10-20)16(21)15-11-13(3)19(17-15)14-7-5-12(2)6-8-14/h5-8,11,20H,4,9-10H2,1-3H3. The zero-order valence-electron chi connectivity index (χ0n) is 12.7. The minimum Gasteiger partial charge on any atom is -0.395 e. The molecule has 1 aromatic heterocycles. The fourth-order valence-electron chi connectivity index (χ4n) is 2.21. The first kappa shape index (κ1) is 15.3. The summed E-state index contributed by atoms with van der Waals surface area (Å²) >= 11 is 0. The Morgan fingerprint density at radius 3 is 2.52 bits per heavy atom. The predicted molar refractivity (Wildman–Crippen MR) is 81.7 cm³/mol. The van der Waals surface area contributed by atoms with Gasteiger partial charge in [0.2, 0.25) is 0 Å². The number of rotatable bonds is 5. The first-order valence-corrected chi connectivity index (χ1v) is 7.10. The molecule has 0 spiro atoms. The summed E-state index contributed by atoms with van der Waals surface area (Å²) in [6.07, 6.45) is 0. The topological polar surface area (TPSA) is 58.4 Å². The van der Waals surface area contributed by atoms with E-state index in [-0.39, 0.29) is 12.5 Å². The van der Waals surface area contributed by atoms with E-state index in [4.69, 9.17) is 5.11 Å². The predicted octanol–water partition coefficient (Wildman–Crippen LogP) is 1.94. The molecule has 1 N–H and O–H groups in total. The van der Waals surface area contributed by atoms with E-state index >= 15 is 0 Å². The van der Waals surface area contributed by atoms with Gasteiger partial charge in [0.25, 0.3) is 5.91 Å². The van der Waals surface area contributed by atoms with Crippen LogP contribution in [0, 0.1) is 13.8 Å². The molecule has 0 unspecified atom stereocenters. The Bertz CT molecular complexity index is 617. The number of nitrogens with zero attached hydrogens (tertiary/aromatic N) is 3. The van der Waals surface area contributed by atoms with Crippen molar-refractivity contribution >= 4 is 5.91 Å². The van der Waals surface area contributed by atoms with Crippen LogP contribution in [0.5, 0.6) is 0 Å². The third kappa shape index (κ3) is 3.31. The van der Waals surface area contributed by atoms with Gasteiger partial charge in [-0.05, 0) is 39.0 Å². The SMILES string of the molecule is CCN(CCO)C(=O)c1cc(C)n(-c2ccc(C)cc2)n1. The van der Waals surface area contributed by atoms with Crippen LogP contribution >= 0.6 is 0 Å². The molecular formula is C16H21N3O2. The zero-order chi connectivity index (χ0) is 15.4. The van der Waals surface area contributed by atoms with Gasteiger partial charge in [-0.2, -0.15) is 5.10 Å². The molecule has 0 radical (unpaired) electrons. The molecular weight excluding hydrogens is 266 g/mol. The summed E-state index contributed by atoms with van der Waals surface area (Å²) in [6, 6.07) is 9.77. The van der Waals surface area contributed by atoms with Crippen molar-refractivity contribution in [1.82, 2.24) is 14.7 Å². The number of aliphatic hydroxyl groups excluding tert-OH is 1. The van der Waals surface area contributed by atoms with Crippen molar-refractivity contribution in [1.29, 1.82) is 0 Å². The van der Waals surface area contributed by atoms with Crippen LogP contribution in [0.4, 0.5) is 0 Å². The van der Waals surface area contributed by atoms with Crippen LogP contribution in [0.25, 0.3) is 5.69 Å². The van der Waals surface area contributed by atoms with E-state index in [0.29, 0.717) is 18.8 Å². The summed E-state index contributed by atoms with van der Waals surface area (Å²) in [5.41, 5.74) is 3.42. The van der Waals surface area contributed by atoms with E-state index in [0.717, 1.165) is 11.4 Å². The van der Waals surface area contributed by atoms with Gasteiger partial charge in [0.1, 0.15) is 0 Å². The van der Waals surface area contributed by atoms with Crippen LogP contribution < -0.4 is 0 Å². The van der Waals surface area contributed by atoms with Gasteiger partial charge in [-0.15, -0.1) is 0 Å². The fourth-order valence-corrected chi connectivity index (χ4v) is 2.21. The molecule has 0 fully saturated rings. The number of hydrogen-bond acceptors (Lipinski definition) is 3. The maximum Gasteiger partial charge on any atom is 0.274 e. The van der Waals surface area contributed by atoms with Gasteiger partial charge in [0.05, 0.1) is 12.3 Å². The van der Waals surface area contributed by atoms with Crippen molar-refractivity contribution in [3.8, 4) is 5.69 Å². The molecule has 1 amide bonds. The summed E-state index contributed by atoms with van der Waals surface area (Å²) in [5, 5.41) is 13.4. The minimum absolute atomic E-state index is 0.0444. The quantitative estimate of drug-likeness (QED) is 0.914. The molecule has 2 aromatic rings. The van der Waals surface area contributed by atoms with E-state index in [1.807, 2.05) is 45.0 Å². The average molecular weight is 287 g/mol. The van der Waals surface area contributed by atoms with E-state index in [1.165, 1.54) is 5.56 Å². The Morgan fingerprint density at radius 2 is 1.95 bits per heavy atom. The number of carbonyl (C=O) groups excluding carboxylic acids is 1. The molecule has 1 aromatic carbocycles. The Morgan fingerprint density at radius 1 is 1.29 bits per heavy atom. The number of amides is 1. The van der Waals surface area contributed by atoms with Crippen molar-refractivity contribution < 1.29 is 9.90 Å². The lowest BCUT2D eigenvalue weighted by atomic mass is 10.2. The number of aliphatic hydroxyl groups is 1. The van der Waals surface area contributed by atoms with E-state index in [9.17, 15) is 4.79 Å². The van der Waals surface area contributed by atoms with Crippen molar-refractivity contribution in [3.63, 3.8) is 0 Å². The Hall–Kier alpha value is -2.14. The number of likely N-dealkylation sites (N-methyl/N-ethyl adjacent to an activating group) is 1. The lowest BCUT2D eigenvalue weighted by molar-refractivity contribution is 0.0725. The van der Waals surface area contributed by atoms with Crippen LogP contribution in [0.15, 0.2) is 30.3 Å². The van der Waals surface area contributed by atoms with Gasteiger partial charge in [-0.1, -0.05) is 17.7 Å². The number of aryl methyl sites for hydroxylation is 2. The van der Waals surface area contributed by atoms with Gasteiger partial charge in [-0.25, -0.2) is 4.68 Å². The highest BCUT2D eigenvalue weighted by atomic mass is 16.3. The summed E-state index contributed by atoms with van der Waals surface area (Å²) in [7, 11) is 0. The van der Waals surface area contributed by atoms with Gasteiger partial charge in [0, 0.05) is 18.8 Å².